The van der Waals surface area contributed by atoms with E-state index >= 15 is 0 Å². The predicted molar refractivity (Wildman–Crippen MR) is 116 cm³/mol. The molecule has 0 aromatic heterocycles. The zero-order valence-electron chi connectivity index (χ0n) is 19.4. The van der Waals surface area contributed by atoms with E-state index in [2.05, 4.69) is 5.09 Å². The van der Waals surface area contributed by atoms with E-state index in [-0.39, 0.29) is 32.1 Å². The number of carbonyl (C=O) groups excluding carboxylic acids is 2. The molecule has 9 nitrogen and oxygen atoms in total. The second-order valence-electron chi connectivity index (χ2n) is 8.44. The summed E-state index contributed by atoms with van der Waals surface area (Å²) in [6.07, 6.45) is 4.95. The molecule has 30 heavy (non-hydrogen) atoms. The van der Waals surface area contributed by atoms with Crippen molar-refractivity contribution in [1.82, 2.24) is 5.09 Å². The van der Waals surface area contributed by atoms with Gasteiger partial charge in [0.1, 0.15) is 25.9 Å². The highest BCUT2D eigenvalue weighted by Gasteiger charge is 2.25. The molecule has 2 N–H and O–H groups in total. The van der Waals surface area contributed by atoms with E-state index in [1.54, 1.807) is 0 Å². The van der Waals surface area contributed by atoms with Crippen LogP contribution in [0.3, 0.4) is 0 Å². The zero-order chi connectivity index (χ0) is 23.0. The number of carbonyl (C=O) groups is 2. The predicted octanol–water partition coefficient (Wildman–Crippen LogP) is 3.01. The van der Waals surface area contributed by atoms with Crippen LogP contribution in [0.5, 0.6) is 0 Å². The molecule has 0 spiro atoms. The van der Waals surface area contributed by atoms with Gasteiger partial charge in [0.05, 0.1) is 21.1 Å². The number of quaternary nitrogens is 1. The normalized spacial score (nSPS) is 14.7. The maximum atomic E-state index is 12.2. The third-order valence-electron chi connectivity index (χ3n) is 4.24. The molecule has 0 saturated carbocycles. The summed E-state index contributed by atoms with van der Waals surface area (Å²) in [6, 6.07) is 0. The van der Waals surface area contributed by atoms with Gasteiger partial charge in [-0.05, 0) is 12.8 Å². The average molecular weight is 454 g/mol. The van der Waals surface area contributed by atoms with Crippen LogP contribution in [0, 0.1) is 0 Å². The Balaban J connectivity index is 4.63. The molecule has 178 valence electrons. The summed E-state index contributed by atoms with van der Waals surface area (Å²) in [4.78, 5) is 33.8. The highest BCUT2D eigenvalue weighted by molar-refractivity contribution is 7.50. The lowest BCUT2D eigenvalue weighted by molar-refractivity contribution is -0.870. The fraction of sp³-hybridized carbons (Fsp3) is 0.900. The first-order valence-electron chi connectivity index (χ1n) is 10.9. The molecule has 0 aliphatic rings. The smallest absolute Gasteiger partial charge is 0.403 e. The van der Waals surface area contributed by atoms with Crippen LogP contribution in [0.15, 0.2) is 0 Å². The summed E-state index contributed by atoms with van der Waals surface area (Å²) in [5, 5.41) is 2.41. The van der Waals surface area contributed by atoms with Crippen LogP contribution in [0.2, 0.25) is 0 Å². The van der Waals surface area contributed by atoms with Gasteiger partial charge in [-0.2, -0.15) is 0 Å². The number of rotatable bonds is 18. The van der Waals surface area contributed by atoms with Gasteiger partial charge < -0.3 is 18.9 Å². The van der Waals surface area contributed by atoms with Gasteiger partial charge in [0, 0.05) is 19.4 Å². The molecule has 0 aliphatic carbocycles. The van der Waals surface area contributed by atoms with Crippen molar-refractivity contribution in [3.8, 4) is 0 Å². The van der Waals surface area contributed by atoms with Crippen LogP contribution in [0.4, 0.5) is 0 Å². The van der Waals surface area contributed by atoms with E-state index < -0.39 is 19.8 Å². The van der Waals surface area contributed by atoms with Gasteiger partial charge in [0.15, 0.2) is 0 Å². The average Bonchev–Trinajstić information content (AvgIpc) is 2.63. The number of nitrogens with zero attached hydrogens (tertiary/aromatic N) is 1. The molecule has 0 saturated heterocycles. The summed E-state index contributed by atoms with van der Waals surface area (Å²) in [7, 11) is 1.78. The van der Waals surface area contributed by atoms with Crippen molar-refractivity contribution in [2.45, 2.75) is 71.3 Å². The maximum Gasteiger partial charge on any atom is 0.403 e. The van der Waals surface area contributed by atoms with Crippen molar-refractivity contribution in [3.05, 3.63) is 0 Å². The first kappa shape index (κ1) is 29.0. The first-order chi connectivity index (χ1) is 14.0. The minimum Gasteiger partial charge on any atom is -0.462 e. The third kappa shape index (κ3) is 17.8. The van der Waals surface area contributed by atoms with Gasteiger partial charge >= 0.3 is 19.7 Å². The number of esters is 2. The van der Waals surface area contributed by atoms with Gasteiger partial charge in [0.25, 0.3) is 0 Å². The second-order valence-corrected chi connectivity index (χ2v) is 10.1. The summed E-state index contributed by atoms with van der Waals surface area (Å²) >= 11 is 0. The lowest BCUT2D eigenvalue weighted by atomic mass is 10.2. The molecule has 0 bridgehead atoms. The molecule has 1 unspecified atom stereocenters. The van der Waals surface area contributed by atoms with Gasteiger partial charge in [-0.3, -0.25) is 14.1 Å². The molecule has 0 radical (unpaired) electrons. The lowest BCUT2D eigenvalue weighted by Crippen LogP contribution is -2.38. The van der Waals surface area contributed by atoms with Gasteiger partial charge in [-0.15, -0.1) is 0 Å². The minimum atomic E-state index is -4.06. The quantitative estimate of drug-likeness (QED) is 0.141. The van der Waals surface area contributed by atoms with E-state index in [1.165, 1.54) is 0 Å². The number of hydrogen-bond donors (Lipinski definition) is 2. The van der Waals surface area contributed by atoms with E-state index in [0.717, 1.165) is 32.1 Å². The van der Waals surface area contributed by atoms with E-state index in [4.69, 9.17) is 14.0 Å². The van der Waals surface area contributed by atoms with Crippen LogP contribution in [-0.4, -0.2) is 74.9 Å². The van der Waals surface area contributed by atoms with Crippen molar-refractivity contribution in [1.29, 1.82) is 0 Å². The van der Waals surface area contributed by atoms with Crippen molar-refractivity contribution >= 4 is 19.7 Å². The molecule has 0 aromatic carbocycles. The Labute approximate surface area is 181 Å². The van der Waals surface area contributed by atoms with Gasteiger partial charge in [-0.25, -0.2) is 9.65 Å². The van der Waals surface area contributed by atoms with E-state index in [9.17, 15) is 19.0 Å². The Hall–Kier alpha value is -0.990. The Bertz CT molecular complexity index is 538. The monoisotopic (exact) mass is 453 g/mol. The summed E-state index contributed by atoms with van der Waals surface area (Å²) in [6.45, 7) is 4.40. The number of unbranched alkanes of at least 4 members (excludes halogenated alkanes) is 4. The fourth-order valence-electron chi connectivity index (χ4n) is 2.38. The zero-order valence-corrected chi connectivity index (χ0v) is 20.2. The number of hydrogen-bond acceptors (Lipinski definition) is 6. The Morgan fingerprint density at radius 3 is 2.10 bits per heavy atom. The molecule has 2 atom stereocenters. The highest BCUT2D eigenvalue weighted by atomic mass is 31.2. The van der Waals surface area contributed by atoms with Crippen molar-refractivity contribution < 1.29 is 37.5 Å². The van der Waals surface area contributed by atoms with Crippen LogP contribution in [-0.2, 0) is 28.2 Å². The number of ether oxygens (including phenoxy) is 2. The van der Waals surface area contributed by atoms with Gasteiger partial charge in [-0.1, -0.05) is 39.5 Å². The van der Waals surface area contributed by atoms with E-state index in [1.807, 2.05) is 35.0 Å². The molecule has 0 rings (SSSR count). The molecule has 0 amide bonds. The van der Waals surface area contributed by atoms with Crippen molar-refractivity contribution in [3.63, 3.8) is 0 Å². The Morgan fingerprint density at radius 2 is 1.57 bits per heavy atom. The lowest BCUT2D eigenvalue weighted by Gasteiger charge is -2.25. The van der Waals surface area contributed by atoms with Gasteiger partial charge in [0.2, 0.25) is 0 Å². The maximum absolute atomic E-state index is 12.2. The molecule has 0 fully saturated rings. The minimum absolute atomic E-state index is 0.0954. The summed E-state index contributed by atoms with van der Waals surface area (Å²) in [5.74, 6) is -0.794. The third-order valence-corrected chi connectivity index (χ3v) is 5.36. The molecular weight excluding hydrogens is 411 g/mol. The van der Waals surface area contributed by atoms with Crippen LogP contribution < -0.4 is 5.09 Å². The molecule has 0 heterocycles. The van der Waals surface area contributed by atoms with Crippen LogP contribution in [0.25, 0.3) is 0 Å². The molecule has 10 heteroatoms. The number of likely N-dealkylation sites (N-methyl/N-ethyl adjacent to an activating group) is 1. The van der Waals surface area contributed by atoms with Crippen molar-refractivity contribution in [2.75, 3.05) is 47.4 Å². The second kappa shape index (κ2) is 15.8. The van der Waals surface area contributed by atoms with Crippen LogP contribution >= 0.6 is 7.75 Å². The topological polar surface area (TPSA) is 111 Å². The largest absolute Gasteiger partial charge is 0.462 e. The Morgan fingerprint density at radius 1 is 1.00 bits per heavy atom. The number of nitrogens with one attached hydrogen (secondary N) is 1. The van der Waals surface area contributed by atoms with E-state index in [0.29, 0.717) is 23.9 Å². The first-order valence-corrected chi connectivity index (χ1v) is 12.4. The summed E-state index contributed by atoms with van der Waals surface area (Å²) in [5.41, 5.74) is 0. The highest BCUT2D eigenvalue weighted by Crippen LogP contribution is 2.36. The summed E-state index contributed by atoms with van der Waals surface area (Å²) < 4.78 is 28.4. The molecule has 0 aromatic rings. The fourth-order valence-corrected chi connectivity index (χ4v) is 3.23. The molecule has 0 aliphatic heterocycles. The van der Waals surface area contributed by atoms with Crippen molar-refractivity contribution in [2.24, 2.45) is 0 Å². The Kier molecular flexibility index (Phi) is 15.2. The molecular formula is C20H42N2O7P+. The van der Waals surface area contributed by atoms with Crippen LogP contribution in [0.1, 0.15) is 65.2 Å². The standard InChI is InChI=1S/C20H41N2O7P/c1-6-8-10-12-19(23)27-17-18(29-20(24)13-11-9-7-2)16-21-30(25,26)28-15-14-22(3,4)5/h18H,6-17H2,1-5H3,(H-,21,25,26)/p+1/t18-/m0/s1. The SMILES string of the molecule is CCCCCC(=O)OC[C@H](CNP(=O)(O)OCC[N+](C)(C)C)OC(=O)CCCCC.